The van der Waals surface area contributed by atoms with Crippen molar-refractivity contribution in [2.24, 2.45) is 0 Å². The molecule has 0 saturated heterocycles. The molecule has 0 aliphatic heterocycles. The van der Waals surface area contributed by atoms with Gasteiger partial charge in [0.25, 0.3) is 0 Å². The number of nitrogens with zero attached hydrogens (tertiary/aromatic N) is 2. The van der Waals surface area contributed by atoms with Crippen LogP contribution in [0.15, 0.2) is 18.2 Å². The van der Waals surface area contributed by atoms with Crippen molar-refractivity contribution in [3.8, 4) is 11.8 Å². The lowest BCUT2D eigenvalue weighted by molar-refractivity contribution is -0.139. The molecule has 1 aromatic carbocycles. The maximum Gasteiger partial charge on any atom is 0.317 e. The van der Waals surface area contributed by atoms with Crippen LogP contribution in [0.25, 0.3) is 0 Å². The Morgan fingerprint density at radius 2 is 2.19 bits per heavy atom. The molecule has 21 heavy (non-hydrogen) atoms. The Morgan fingerprint density at radius 1 is 1.48 bits per heavy atom. The highest BCUT2D eigenvalue weighted by Crippen LogP contribution is 2.26. The van der Waals surface area contributed by atoms with E-state index in [1.54, 1.807) is 6.07 Å². The van der Waals surface area contributed by atoms with Crippen LogP contribution in [0.4, 0.5) is 0 Å². The molecule has 112 valence electrons. The third kappa shape index (κ3) is 3.96. The fourth-order valence-electron chi connectivity index (χ4n) is 2.92. The molecule has 1 aliphatic carbocycles. The third-order valence-corrected chi connectivity index (χ3v) is 3.95. The first kappa shape index (κ1) is 15.3. The van der Waals surface area contributed by atoms with Gasteiger partial charge in [-0.2, -0.15) is 5.26 Å². The number of ether oxygens (including phenoxy) is 1. The van der Waals surface area contributed by atoms with Crippen LogP contribution in [-0.2, 0) is 11.3 Å². The zero-order valence-electron chi connectivity index (χ0n) is 12.2. The van der Waals surface area contributed by atoms with Gasteiger partial charge < -0.3 is 9.84 Å². The van der Waals surface area contributed by atoms with Crippen molar-refractivity contribution in [2.75, 3.05) is 13.7 Å². The molecule has 5 heteroatoms. The molecule has 0 spiro atoms. The SMILES string of the molecule is COc1cc(CN(CC(=O)O)C2CCCC2)ccc1C#N. The normalized spacial score (nSPS) is 15.1. The Balaban J connectivity index is 2.15. The Kier molecular flexibility index (Phi) is 5.18. The highest BCUT2D eigenvalue weighted by molar-refractivity contribution is 5.69. The van der Waals surface area contributed by atoms with Gasteiger partial charge in [-0.05, 0) is 30.5 Å². The summed E-state index contributed by atoms with van der Waals surface area (Å²) in [5, 5.41) is 18.1. The van der Waals surface area contributed by atoms with E-state index in [1.807, 2.05) is 17.0 Å². The minimum atomic E-state index is -0.803. The van der Waals surface area contributed by atoms with Gasteiger partial charge in [-0.1, -0.05) is 18.9 Å². The maximum atomic E-state index is 11.1. The molecule has 0 bridgehead atoms. The second kappa shape index (κ2) is 7.09. The number of methoxy groups -OCH3 is 1. The number of benzene rings is 1. The van der Waals surface area contributed by atoms with Gasteiger partial charge >= 0.3 is 5.97 Å². The summed E-state index contributed by atoms with van der Waals surface area (Å²) in [5.74, 6) is -0.265. The number of aliphatic carboxylic acids is 1. The molecule has 0 unspecified atom stereocenters. The Bertz CT molecular complexity index is 545. The number of carboxylic acids is 1. The van der Waals surface area contributed by atoms with Crippen molar-refractivity contribution in [1.29, 1.82) is 5.26 Å². The molecule has 0 radical (unpaired) electrons. The summed E-state index contributed by atoms with van der Waals surface area (Å²) in [6, 6.07) is 7.83. The van der Waals surface area contributed by atoms with Gasteiger partial charge in [0.15, 0.2) is 0 Å². The quantitative estimate of drug-likeness (QED) is 0.870. The first-order chi connectivity index (χ1) is 10.1. The number of nitriles is 1. The van der Waals surface area contributed by atoms with Crippen LogP contribution >= 0.6 is 0 Å². The molecule has 5 nitrogen and oxygen atoms in total. The molecule has 1 aromatic rings. The van der Waals surface area contributed by atoms with Crippen molar-refractivity contribution >= 4 is 5.97 Å². The summed E-state index contributed by atoms with van der Waals surface area (Å²) in [5.41, 5.74) is 1.46. The number of hydrogen-bond acceptors (Lipinski definition) is 4. The van der Waals surface area contributed by atoms with Gasteiger partial charge in [0.2, 0.25) is 0 Å². The maximum absolute atomic E-state index is 11.1. The highest BCUT2D eigenvalue weighted by atomic mass is 16.5. The average molecular weight is 288 g/mol. The summed E-state index contributed by atoms with van der Waals surface area (Å²) < 4.78 is 5.21. The number of rotatable bonds is 6. The second-order valence-corrected chi connectivity index (χ2v) is 5.38. The number of carboxylic acid groups (broad SMARTS) is 1. The van der Waals surface area contributed by atoms with Gasteiger partial charge in [-0.25, -0.2) is 0 Å². The van der Waals surface area contributed by atoms with E-state index in [-0.39, 0.29) is 6.54 Å². The van der Waals surface area contributed by atoms with E-state index < -0.39 is 5.97 Å². The molecule has 0 atom stereocenters. The van der Waals surface area contributed by atoms with Crippen molar-refractivity contribution in [1.82, 2.24) is 4.90 Å². The standard InChI is InChI=1S/C16H20N2O3/c1-21-15-8-12(6-7-13(15)9-17)10-18(11-16(19)20)14-4-2-3-5-14/h6-8,14H,2-5,10-11H2,1H3,(H,19,20). The van der Waals surface area contributed by atoms with Gasteiger partial charge in [0, 0.05) is 12.6 Å². The van der Waals surface area contributed by atoms with E-state index >= 15 is 0 Å². The van der Waals surface area contributed by atoms with Crippen LogP contribution in [0.3, 0.4) is 0 Å². The monoisotopic (exact) mass is 288 g/mol. The summed E-state index contributed by atoms with van der Waals surface area (Å²) >= 11 is 0. The van der Waals surface area contributed by atoms with Crippen molar-refractivity contribution in [3.63, 3.8) is 0 Å². The number of carbonyl (C=O) groups is 1. The fraction of sp³-hybridized carbons (Fsp3) is 0.500. The van der Waals surface area contributed by atoms with Crippen molar-refractivity contribution in [2.45, 2.75) is 38.3 Å². The van der Waals surface area contributed by atoms with Gasteiger partial charge in [0.05, 0.1) is 19.2 Å². The minimum Gasteiger partial charge on any atom is -0.495 e. The molecule has 0 heterocycles. The van der Waals surface area contributed by atoms with E-state index in [4.69, 9.17) is 15.1 Å². The van der Waals surface area contributed by atoms with Crippen LogP contribution in [0.1, 0.15) is 36.8 Å². The smallest absolute Gasteiger partial charge is 0.317 e. The molecule has 1 fully saturated rings. The molecular formula is C16H20N2O3. The highest BCUT2D eigenvalue weighted by Gasteiger charge is 2.24. The van der Waals surface area contributed by atoms with Crippen LogP contribution in [0.5, 0.6) is 5.75 Å². The summed E-state index contributed by atoms with van der Waals surface area (Å²) in [4.78, 5) is 13.1. The van der Waals surface area contributed by atoms with Gasteiger partial charge in [-0.15, -0.1) is 0 Å². The first-order valence-electron chi connectivity index (χ1n) is 7.17. The average Bonchev–Trinajstić information content (AvgIpc) is 3.00. The molecule has 1 N–H and O–H groups in total. The predicted octanol–water partition coefficient (Wildman–Crippen LogP) is 2.40. The summed E-state index contributed by atoms with van der Waals surface area (Å²) in [6.45, 7) is 0.617. The Hall–Kier alpha value is -2.06. The lowest BCUT2D eigenvalue weighted by Gasteiger charge is -2.27. The molecule has 1 aliphatic rings. The van der Waals surface area contributed by atoms with Crippen LogP contribution in [0, 0.1) is 11.3 Å². The molecule has 0 aromatic heterocycles. The third-order valence-electron chi connectivity index (χ3n) is 3.95. The topological polar surface area (TPSA) is 73.6 Å². The molecule has 2 rings (SSSR count). The lowest BCUT2D eigenvalue weighted by Crippen LogP contribution is -2.37. The van der Waals surface area contributed by atoms with Crippen LogP contribution in [-0.4, -0.2) is 35.7 Å². The zero-order chi connectivity index (χ0) is 15.2. The second-order valence-electron chi connectivity index (χ2n) is 5.38. The van der Waals surface area contributed by atoms with E-state index in [2.05, 4.69) is 6.07 Å². The van der Waals surface area contributed by atoms with Crippen LogP contribution < -0.4 is 4.74 Å². The van der Waals surface area contributed by atoms with Gasteiger partial charge in [0.1, 0.15) is 11.8 Å². The van der Waals surface area contributed by atoms with Gasteiger partial charge in [-0.3, -0.25) is 9.69 Å². The van der Waals surface area contributed by atoms with Crippen molar-refractivity contribution in [3.05, 3.63) is 29.3 Å². The molecule has 0 amide bonds. The Labute approximate surface area is 124 Å². The molecular weight excluding hydrogens is 268 g/mol. The largest absolute Gasteiger partial charge is 0.495 e. The van der Waals surface area contributed by atoms with Crippen molar-refractivity contribution < 1.29 is 14.6 Å². The van der Waals surface area contributed by atoms with E-state index in [0.29, 0.717) is 23.9 Å². The van der Waals surface area contributed by atoms with Crippen LogP contribution in [0.2, 0.25) is 0 Å². The molecule has 1 saturated carbocycles. The van der Waals surface area contributed by atoms with E-state index in [1.165, 1.54) is 7.11 Å². The number of hydrogen-bond donors (Lipinski definition) is 1. The zero-order valence-corrected chi connectivity index (χ0v) is 12.2. The summed E-state index contributed by atoms with van der Waals surface area (Å²) in [6.07, 6.45) is 4.44. The first-order valence-corrected chi connectivity index (χ1v) is 7.17. The fourth-order valence-corrected chi connectivity index (χ4v) is 2.92. The lowest BCUT2D eigenvalue weighted by atomic mass is 10.1. The van der Waals surface area contributed by atoms with E-state index in [0.717, 1.165) is 31.2 Å². The minimum absolute atomic E-state index is 0.0486. The predicted molar refractivity (Wildman–Crippen MR) is 78.0 cm³/mol. The Morgan fingerprint density at radius 3 is 2.76 bits per heavy atom. The van der Waals surface area contributed by atoms with E-state index in [9.17, 15) is 4.79 Å². The summed E-state index contributed by atoms with van der Waals surface area (Å²) in [7, 11) is 1.53.